The zero-order valence-electron chi connectivity index (χ0n) is 27.7. The highest BCUT2D eigenvalue weighted by molar-refractivity contribution is 6.10. The molecule has 0 radical (unpaired) electrons. The maximum absolute atomic E-state index is 6.58. The van der Waals surface area contributed by atoms with Gasteiger partial charge in [-0.2, -0.15) is 0 Å². The summed E-state index contributed by atoms with van der Waals surface area (Å²) in [5.74, 6) is 1.72. The number of furan rings is 1. The average Bonchev–Trinajstić information content (AvgIpc) is 3.52. The Morgan fingerprint density at radius 1 is 0.353 bits per heavy atom. The van der Waals surface area contributed by atoms with E-state index in [1.54, 1.807) is 0 Å². The van der Waals surface area contributed by atoms with Crippen LogP contribution in [0, 0.1) is 0 Å². The van der Waals surface area contributed by atoms with Crippen molar-refractivity contribution in [3.05, 3.63) is 188 Å². The zero-order valence-corrected chi connectivity index (χ0v) is 27.7. The summed E-state index contributed by atoms with van der Waals surface area (Å²) in [5.41, 5.74) is 14.0. The number of hydrogen-bond acceptors (Lipinski definition) is 3. The van der Waals surface area contributed by atoms with Crippen molar-refractivity contribution in [3.63, 3.8) is 0 Å². The van der Waals surface area contributed by atoms with E-state index in [0.29, 0.717) is 0 Å². The number of ether oxygens (including phenoxy) is 1. The van der Waals surface area contributed by atoms with Crippen molar-refractivity contribution in [3.8, 4) is 56.0 Å². The molecule has 9 aromatic rings. The molecule has 240 valence electrons. The summed E-state index contributed by atoms with van der Waals surface area (Å²) >= 11 is 0. The highest BCUT2D eigenvalue weighted by atomic mass is 16.5. The van der Waals surface area contributed by atoms with Crippen LogP contribution < -0.4 is 9.64 Å². The fourth-order valence-corrected chi connectivity index (χ4v) is 7.53. The van der Waals surface area contributed by atoms with Crippen LogP contribution in [-0.4, -0.2) is 0 Å². The van der Waals surface area contributed by atoms with Gasteiger partial charge in [0.2, 0.25) is 0 Å². The molecule has 1 aliphatic heterocycles. The van der Waals surface area contributed by atoms with Crippen LogP contribution in [-0.2, 0) is 0 Å². The SMILES string of the molecule is c1ccc(-c2ccc(N(c3ccc(-c4cccc5c4-c4ccccc4Oc4ccccc4-5)cc3)c3cccc4c3oc3ccccc34)cc2)cc1. The van der Waals surface area contributed by atoms with Crippen LogP contribution in [0.2, 0.25) is 0 Å². The van der Waals surface area contributed by atoms with Gasteiger partial charge < -0.3 is 14.1 Å². The second kappa shape index (κ2) is 11.9. The molecule has 1 aliphatic rings. The third kappa shape index (κ3) is 4.90. The van der Waals surface area contributed by atoms with Gasteiger partial charge in [0.25, 0.3) is 0 Å². The summed E-state index contributed by atoms with van der Waals surface area (Å²) in [6, 6.07) is 66.1. The Labute approximate surface area is 296 Å². The molecule has 0 N–H and O–H groups in total. The highest BCUT2D eigenvalue weighted by Gasteiger charge is 2.24. The number of benzene rings is 8. The van der Waals surface area contributed by atoms with Crippen LogP contribution >= 0.6 is 0 Å². The molecule has 3 nitrogen and oxygen atoms in total. The lowest BCUT2D eigenvalue weighted by molar-refractivity contribution is 0.488. The maximum Gasteiger partial charge on any atom is 0.159 e. The summed E-state index contributed by atoms with van der Waals surface area (Å²) in [5, 5.41) is 2.21. The van der Waals surface area contributed by atoms with Gasteiger partial charge in [-0.05, 0) is 76.3 Å². The minimum atomic E-state index is 0.858. The summed E-state index contributed by atoms with van der Waals surface area (Å²) in [7, 11) is 0. The van der Waals surface area contributed by atoms with E-state index in [1.807, 2.05) is 30.3 Å². The van der Waals surface area contributed by atoms with Gasteiger partial charge in [-0.3, -0.25) is 0 Å². The molecule has 0 aliphatic carbocycles. The minimum absolute atomic E-state index is 0.858. The van der Waals surface area contributed by atoms with Gasteiger partial charge >= 0.3 is 0 Å². The normalized spacial score (nSPS) is 11.7. The summed E-state index contributed by atoms with van der Waals surface area (Å²) in [4.78, 5) is 2.30. The van der Waals surface area contributed by atoms with Gasteiger partial charge in [0.15, 0.2) is 5.58 Å². The van der Waals surface area contributed by atoms with E-state index in [0.717, 1.165) is 78.3 Å². The lowest BCUT2D eigenvalue weighted by Crippen LogP contribution is -2.10. The first kappa shape index (κ1) is 29.1. The fraction of sp³-hybridized carbons (Fsp3) is 0. The van der Waals surface area contributed by atoms with E-state index in [2.05, 4.69) is 163 Å². The van der Waals surface area contributed by atoms with Gasteiger partial charge in [0, 0.05) is 38.8 Å². The standard InChI is InChI=1S/C48H31NO2/c1-2-12-32(13-3-1)33-24-28-35(29-25-33)49(43-20-11-19-41-39-15-5-8-22-45(39)51-48(41)43)36-30-26-34(27-31-36)37-17-10-18-40-38-14-4-7-21-44(38)50-46-23-9-6-16-42(46)47(37)40/h1-31H. The van der Waals surface area contributed by atoms with E-state index in [1.165, 1.54) is 16.7 Å². The molecular formula is C48H31NO2. The Morgan fingerprint density at radius 3 is 1.69 bits per heavy atom. The van der Waals surface area contributed by atoms with Gasteiger partial charge in [0.05, 0.1) is 5.69 Å². The van der Waals surface area contributed by atoms with Crippen LogP contribution in [0.1, 0.15) is 0 Å². The van der Waals surface area contributed by atoms with Crippen molar-refractivity contribution >= 4 is 39.0 Å². The smallest absolute Gasteiger partial charge is 0.159 e. The second-order valence-electron chi connectivity index (χ2n) is 12.9. The van der Waals surface area contributed by atoms with Crippen molar-refractivity contribution in [2.24, 2.45) is 0 Å². The quantitative estimate of drug-likeness (QED) is 0.185. The molecule has 8 aromatic carbocycles. The third-order valence-electron chi connectivity index (χ3n) is 9.91. The van der Waals surface area contributed by atoms with E-state index in [4.69, 9.17) is 9.15 Å². The van der Waals surface area contributed by atoms with E-state index >= 15 is 0 Å². The summed E-state index contributed by atoms with van der Waals surface area (Å²) in [6.07, 6.45) is 0. The third-order valence-corrected chi connectivity index (χ3v) is 9.91. The number of fused-ring (bicyclic) bond motifs is 8. The number of rotatable bonds is 5. The molecule has 0 amide bonds. The molecule has 0 fully saturated rings. The Kier molecular flexibility index (Phi) is 6.81. The molecule has 0 saturated heterocycles. The van der Waals surface area contributed by atoms with Gasteiger partial charge in [0.1, 0.15) is 17.1 Å². The second-order valence-corrected chi connectivity index (χ2v) is 12.9. The molecule has 10 rings (SSSR count). The van der Waals surface area contributed by atoms with Gasteiger partial charge in [-0.25, -0.2) is 0 Å². The minimum Gasteiger partial charge on any atom is -0.456 e. The predicted octanol–water partition coefficient (Wildman–Crippen LogP) is 13.8. The van der Waals surface area contributed by atoms with Crippen LogP contribution in [0.15, 0.2) is 192 Å². The molecule has 0 bridgehead atoms. The molecule has 1 aromatic heterocycles. The van der Waals surface area contributed by atoms with Gasteiger partial charge in [-0.1, -0.05) is 140 Å². The molecule has 0 saturated carbocycles. The van der Waals surface area contributed by atoms with Crippen molar-refractivity contribution in [2.75, 3.05) is 4.90 Å². The molecule has 51 heavy (non-hydrogen) atoms. The number of nitrogens with zero attached hydrogens (tertiary/aromatic N) is 1. The topological polar surface area (TPSA) is 25.6 Å². The summed E-state index contributed by atoms with van der Waals surface area (Å²) in [6.45, 7) is 0. The Bertz CT molecular complexity index is 2710. The first-order chi connectivity index (χ1) is 25.3. The van der Waals surface area contributed by atoms with Crippen LogP contribution in [0.25, 0.3) is 66.4 Å². The Hall–Kier alpha value is -6.84. The van der Waals surface area contributed by atoms with Crippen molar-refractivity contribution in [2.45, 2.75) is 0 Å². The lowest BCUT2D eigenvalue weighted by atomic mass is 9.87. The molecule has 0 unspecified atom stereocenters. The van der Waals surface area contributed by atoms with E-state index < -0.39 is 0 Å². The Balaban J connectivity index is 1.13. The molecule has 2 heterocycles. The van der Waals surface area contributed by atoms with Crippen LogP contribution in [0.3, 0.4) is 0 Å². The molecule has 0 spiro atoms. The lowest BCUT2D eigenvalue weighted by Gasteiger charge is -2.26. The number of anilines is 3. The largest absolute Gasteiger partial charge is 0.456 e. The van der Waals surface area contributed by atoms with Crippen molar-refractivity contribution in [1.82, 2.24) is 0 Å². The van der Waals surface area contributed by atoms with Gasteiger partial charge in [-0.15, -0.1) is 0 Å². The summed E-state index contributed by atoms with van der Waals surface area (Å²) < 4.78 is 13.1. The number of para-hydroxylation sites is 4. The Morgan fingerprint density at radius 2 is 0.902 bits per heavy atom. The van der Waals surface area contributed by atoms with E-state index in [-0.39, 0.29) is 0 Å². The molecule has 0 atom stereocenters. The number of hydrogen-bond donors (Lipinski definition) is 0. The zero-order chi connectivity index (χ0) is 33.7. The van der Waals surface area contributed by atoms with Crippen LogP contribution in [0.5, 0.6) is 11.5 Å². The molecule has 3 heteroatoms. The predicted molar refractivity (Wildman–Crippen MR) is 210 cm³/mol. The van der Waals surface area contributed by atoms with Crippen LogP contribution in [0.4, 0.5) is 17.1 Å². The van der Waals surface area contributed by atoms with E-state index in [9.17, 15) is 0 Å². The maximum atomic E-state index is 6.58. The first-order valence-electron chi connectivity index (χ1n) is 17.3. The average molecular weight is 654 g/mol. The first-order valence-corrected chi connectivity index (χ1v) is 17.3. The fourth-order valence-electron chi connectivity index (χ4n) is 7.53. The van der Waals surface area contributed by atoms with Crippen molar-refractivity contribution in [1.29, 1.82) is 0 Å². The molecular weight excluding hydrogens is 623 g/mol. The highest BCUT2D eigenvalue weighted by Crippen LogP contribution is 2.50. The van der Waals surface area contributed by atoms with Crippen molar-refractivity contribution < 1.29 is 9.15 Å². The monoisotopic (exact) mass is 653 g/mol.